The molecule has 6 heteroatoms. The first-order chi connectivity index (χ1) is 10.5. The minimum absolute atomic E-state index is 0.0532. The van der Waals surface area contributed by atoms with Gasteiger partial charge in [-0.1, -0.05) is 29.8 Å². The molecule has 3 nitrogen and oxygen atoms in total. The molecule has 0 saturated carbocycles. The summed E-state index contributed by atoms with van der Waals surface area (Å²) in [7, 11) is 0. The number of nitrogens with one attached hydrogen (secondary N) is 2. The van der Waals surface area contributed by atoms with Crippen LogP contribution in [0.1, 0.15) is 18.5 Å². The Balaban J connectivity index is 1.93. The van der Waals surface area contributed by atoms with Gasteiger partial charge in [0.15, 0.2) is 0 Å². The van der Waals surface area contributed by atoms with Crippen molar-refractivity contribution >= 4 is 23.2 Å². The summed E-state index contributed by atoms with van der Waals surface area (Å²) in [5, 5.41) is 5.90. The third kappa shape index (κ3) is 4.26. The Labute approximate surface area is 132 Å². The van der Waals surface area contributed by atoms with Gasteiger partial charge in [0.25, 0.3) is 0 Å². The van der Waals surface area contributed by atoms with E-state index in [2.05, 4.69) is 10.6 Å². The Hall–Kier alpha value is -1.98. The van der Waals surface area contributed by atoms with Crippen molar-refractivity contribution in [1.29, 1.82) is 0 Å². The maximum Gasteiger partial charge on any atom is 0.238 e. The fourth-order valence-corrected chi connectivity index (χ4v) is 2.27. The molecule has 0 aromatic heterocycles. The topological polar surface area (TPSA) is 41.1 Å². The molecule has 0 spiro atoms. The second-order valence-electron chi connectivity index (χ2n) is 4.80. The lowest BCUT2D eigenvalue weighted by atomic mass is 10.1. The molecular weight excluding hydrogens is 310 g/mol. The molecule has 2 rings (SSSR count). The number of carbonyl (C=O) groups excluding carboxylic acids is 1. The molecule has 2 aromatic carbocycles. The molecule has 0 radical (unpaired) electrons. The van der Waals surface area contributed by atoms with Crippen molar-refractivity contribution < 1.29 is 13.6 Å². The first-order valence-electron chi connectivity index (χ1n) is 6.70. The standard InChI is InChI=1S/C16H15ClF2N2O/c1-10(12-4-2-3-5-13(12)17)20-9-16(22)21-15-8-11(18)6-7-14(15)19/h2-8,10,20H,9H2,1H3,(H,21,22)/t10-/m1/s1. The fraction of sp³-hybridized carbons (Fsp3) is 0.188. The minimum atomic E-state index is -0.686. The zero-order valence-electron chi connectivity index (χ0n) is 11.9. The van der Waals surface area contributed by atoms with Gasteiger partial charge in [0, 0.05) is 17.1 Å². The Bertz CT molecular complexity index is 679. The van der Waals surface area contributed by atoms with E-state index in [1.807, 2.05) is 25.1 Å². The van der Waals surface area contributed by atoms with Gasteiger partial charge in [0.1, 0.15) is 11.6 Å². The van der Waals surface area contributed by atoms with Gasteiger partial charge in [-0.15, -0.1) is 0 Å². The summed E-state index contributed by atoms with van der Waals surface area (Å²) in [4.78, 5) is 11.8. The lowest BCUT2D eigenvalue weighted by molar-refractivity contribution is -0.115. The summed E-state index contributed by atoms with van der Waals surface area (Å²) in [5.74, 6) is -1.77. The number of rotatable bonds is 5. The van der Waals surface area contributed by atoms with Gasteiger partial charge in [-0.2, -0.15) is 0 Å². The number of amides is 1. The van der Waals surface area contributed by atoms with E-state index in [0.29, 0.717) is 5.02 Å². The molecule has 22 heavy (non-hydrogen) atoms. The van der Waals surface area contributed by atoms with Gasteiger partial charge in [0.2, 0.25) is 5.91 Å². The number of benzene rings is 2. The lowest BCUT2D eigenvalue weighted by Crippen LogP contribution is -2.30. The van der Waals surface area contributed by atoms with Crippen LogP contribution in [0.2, 0.25) is 5.02 Å². The smallest absolute Gasteiger partial charge is 0.238 e. The molecule has 0 bridgehead atoms. The van der Waals surface area contributed by atoms with Crippen LogP contribution in [0.15, 0.2) is 42.5 Å². The van der Waals surface area contributed by atoms with Gasteiger partial charge < -0.3 is 10.6 Å². The highest BCUT2D eigenvalue weighted by Crippen LogP contribution is 2.22. The van der Waals surface area contributed by atoms with Gasteiger partial charge in [-0.05, 0) is 30.7 Å². The summed E-state index contributed by atoms with van der Waals surface area (Å²) in [6.07, 6.45) is 0. The Morgan fingerprint density at radius 2 is 1.95 bits per heavy atom. The van der Waals surface area contributed by atoms with Crippen LogP contribution in [-0.2, 0) is 4.79 Å². The molecule has 0 aliphatic rings. The number of halogens is 3. The van der Waals surface area contributed by atoms with Crippen molar-refractivity contribution in [2.24, 2.45) is 0 Å². The van der Waals surface area contributed by atoms with E-state index < -0.39 is 17.5 Å². The van der Waals surface area contributed by atoms with Crippen molar-refractivity contribution in [2.75, 3.05) is 11.9 Å². The summed E-state index contributed by atoms with van der Waals surface area (Å²) < 4.78 is 26.5. The predicted molar refractivity (Wildman–Crippen MR) is 82.9 cm³/mol. The molecule has 0 aliphatic heterocycles. The molecule has 116 valence electrons. The fourth-order valence-electron chi connectivity index (χ4n) is 1.97. The summed E-state index contributed by atoms with van der Waals surface area (Å²) in [5.41, 5.74) is 0.672. The highest BCUT2D eigenvalue weighted by molar-refractivity contribution is 6.31. The van der Waals surface area contributed by atoms with E-state index in [9.17, 15) is 13.6 Å². The molecule has 0 heterocycles. The van der Waals surface area contributed by atoms with Crippen LogP contribution in [0.3, 0.4) is 0 Å². The number of carbonyl (C=O) groups is 1. The molecule has 0 saturated heterocycles. The number of hydrogen-bond donors (Lipinski definition) is 2. The monoisotopic (exact) mass is 324 g/mol. The van der Waals surface area contributed by atoms with Gasteiger partial charge in [0.05, 0.1) is 12.2 Å². The van der Waals surface area contributed by atoms with Gasteiger partial charge in [-0.25, -0.2) is 8.78 Å². The third-order valence-corrected chi connectivity index (χ3v) is 3.49. The Kier molecular flexibility index (Phi) is 5.46. The number of anilines is 1. The van der Waals surface area contributed by atoms with Crippen LogP contribution in [0.4, 0.5) is 14.5 Å². The molecule has 2 aromatic rings. The summed E-state index contributed by atoms with van der Waals surface area (Å²) in [6.45, 7) is 1.81. The highest BCUT2D eigenvalue weighted by atomic mass is 35.5. The van der Waals surface area contributed by atoms with E-state index in [1.54, 1.807) is 6.07 Å². The largest absolute Gasteiger partial charge is 0.322 e. The van der Waals surface area contributed by atoms with E-state index in [1.165, 1.54) is 0 Å². The average molecular weight is 325 g/mol. The maximum atomic E-state index is 13.4. The van der Waals surface area contributed by atoms with Gasteiger partial charge >= 0.3 is 0 Å². The van der Waals surface area contributed by atoms with Crippen LogP contribution in [-0.4, -0.2) is 12.5 Å². The Morgan fingerprint density at radius 1 is 1.23 bits per heavy atom. The lowest BCUT2D eigenvalue weighted by Gasteiger charge is -2.15. The predicted octanol–water partition coefficient (Wildman–Crippen LogP) is 3.91. The molecule has 0 unspecified atom stereocenters. The number of hydrogen-bond acceptors (Lipinski definition) is 2. The van der Waals surface area contributed by atoms with E-state index in [4.69, 9.17) is 11.6 Å². The van der Waals surface area contributed by atoms with Crippen molar-refractivity contribution in [2.45, 2.75) is 13.0 Å². The van der Waals surface area contributed by atoms with Crippen molar-refractivity contribution in [3.63, 3.8) is 0 Å². The second kappa shape index (κ2) is 7.33. The van der Waals surface area contributed by atoms with Crippen LogP contribution < -0.4 is 10.6 Å². The normalized spacial score (nSPS) is 12.0. The van der Waals surface area contributed by atoms with E-state index >= 15 is 0 Å². The quantitative estimate of drug-likeness (QED) is 0.875. The molecule has 1 amide bonds. The summed E-state index contributed by atoms with van der Waals surface area (Å²) in [6, 6.07) is 10.0. The van der Waals surface area contributed by atoms with Crippen LogP contribution in [0, 0.1) is 11.6 Å². The molecular formula is C16H15ClF2N2O. The first-order valence-corrected chi connectivity index (χ1v) is 7.08. The minimum Gasteiger partial charge on any atom is -0.322 e. The van der Waals surface area contributed by atoms with Crippen molar-refractivity contribution in [3.8, 4) is 0 Å². The molecule has 0 fully saturated rings. The van der Waals surface area contributed by atoms with E-state index in [0.717, 1.165) is 23.8 Å². The SMILES string of the molecule is C[C@@H](NCC(=O)Nc1cc(F)ccc1F)c1ccccc1Cl. The van der Waals surface area contributed by atoms with Crippen LogP contribution in [0.5, 0.6) is 0 Å². The second-order valence-corrected chi connectivity index (χ2v) is 5.20. The zero-order valence-corrected chi connectivity index (χ0v) is 12.6. The first kappa shape index (κ1) is 16.4. The highest BCUT2D eigenvalue weighted by Gasteiger charge is 2.12. The molecule has 2 N–H and O–H groups in total. The Morgan fingerprint density at radius 3 is 2.68 bits per heavy atom. The molecule has 0 aliphatic carbocycles. The zero-order chi connectivity index (χ0) is 16.1. The van der Waals surface area contributed by atoms with Crippen molar-refractivity contribution in [1.82, 2.24) is 5.32 Å². The van der Waals surface area contributed by atoms with E-state index in [-0.39, 0.29) is 18.3 Å². The average Bonchev–Trinajstić information content (AvgIpc) is 2.49. The van der Waals surface area contributed by atoms with Crippen molar-refractivity contribution in [3.05, 3.63) is 64.7 Å². The molecule has 1 atom stereocenters. The van der Waals surface area contributed by atoms with Crippen LogP contribution in [0.25, 0.3) is 0 Å². The third-order valence-electron chi connectivity index (χ3n) is 3.14. The van der Waals surface area contributed by atoms with Gasteiger partial charge in [-0.3, -0.25) is 4.79 Å². The summed E-state index contributed by atoms with van der Waals surface area (Å²) >= 11 is 6.07. The van der Waals surface area contributed by atoms with Crippen LogP contribution >= 0.6 is 11.6 Å². The maximum absolute atomic E-state index is 13.4.